The van der Waals surface area contributed by atoms with Gasteiger partial charge in [-0.15, -0.1) is 0 Å². The molecule has 3 N–H and O–H groups in total. The Morgan fingerprint density at radius 2 is 2.22 bits per heavy atom. The van der Waals surface area contributed by atoms with Gasteiger partial charge < -0.3 is 20.5 Å². The standard InChI is InChI=1S/C11H13N3O4/c1-7(15)14-8(11(17)18-2)6-13-10-9(16)4-3-5-12-10/h3-6,16H,1-2H3,(H,12,13)(H,14,15)/b8-6-. The summed E-state index contributed by atoms with van der Waals surface area (Å²) in [4.78, 5) is 26.1. The molecule has 0 aliphatic heterocycles. The lowest BCUT2D eigenvalue weighted by molar-refractivity contribution is -0.137. The van der Waals surface area contributed by atoms with Crippen LogP contribution in [0.15, 0.2) is 30.2 Å². The van der Waals surface area contributed by atoms with Crippen LogP contribution in [0, 0.1) is 0 Å². The number of anilines is 1. The SMILES string of the molecule is COC(=O)/C(=C/Nc1ncccc1O)NC(C)=O. The van der Waals surface area contributed by atoms with Crippen molar-refractivity contribution in [2.75, 3.05) is 12.4 Å². The van der Waals surface area contributed by atoms with Crippen LogP contribution >= 0.6 is 0 Å². The summed E-state index contributed by atoms with van der Waals surface area (Å²) >= 11 is 0. The van der Waals surface area contributed by atoms with E-state index < -0.39 is 11.9 Å². The monoisotopic (exact) mass is 251 g/mol. The molecule has 7 nitrogen and oxygen atoms in total. The highest BCUT2D eigenvalue weighted by atomic mass is 16.5. The second-order valence-electron chi connectivity index (χ2n) is 3.25. The third-order valence-corrected chi connectivity index (χ3v) is 1.86. The summed E-state index contributed by atoms with van der Waals surface area (Å²) in [5.74, 6) is -1.06. The van der Waals surface area contributed by atoms with Gasteiger partial charge in [0.2, 0.25) is 5.91 Å². The van der Waals surface area contributed by atoms with Crippen molar-refractivity contribution in [3.63, 3.8) is 0 Å². The number of nitrogens with one attached hydrogen (secondary N) is 2. The lowest BCUT2D eigenvalue weighted by Crippen LogP contribution is -2.26. The van der Waals surface area contributed by atoms with E-state index in [2.05, 4.69) is 20.4 Å². The molecule has 0 aliphatic rings. The fourth-order valence-electron chi connectivity index (χ4n) is 1.09. The molecule has 96 valence electrons. The Kier molecular flexibility index (Phi) is 4.67. The van der Waals surface area contributed by atoms with Crippen LogP contribution in [0.2, 0.25) is 0 Å². The number of rotatable bonds is 4. The van der Waals surface area contributed by atoms with Gasteiger partial charge in [-0.2, -0.15) is 0 Å². The van der Waals surface area contributed by atoms with Crippen molar-refractivity contribution < 1.29 is 19.4 Å². The van der Waals surface area contributed by atoms with Gasteiger partial charge in [0.05, 0.1) is 7.11 Å². The maximum Gasteiger partial charge on any atom is 0.356 e. The first kappa shape index (κ1) is 13.5. The van der Waals surface area contributed by atoms with Crippen molar-refractivity contribution in [3.05, 3.63) is 30.2 Å². The maximum atomic E-state index is 11.3. The zero-order valence-corrected chi connectivity index (χ0v) is 9.93. The number of hydrogen-bond donors (Lipinski definition) is 3. The number of pyridine rings is 1. The highest BCUT2D eigenvalue weighted by Crippen LogP contribution is 2.18. The van der Waals surface area contributed by atoms with E-state index in [4.69, 9.17) is 0 Å². The van der Waals surface area contributed by atoms with Crippen molar-refractivity contribution >= 4 is 17.7 Å². The molecule has 0 unspecified atom stereocenters. The summed E-state index contributed by atoms with van der Waals surface area (Å²) in [6.45, 7) is 1.26. The summed E-state index contributed by atoms with van der Waals surface area (Å²) in [5.41, 5.74) is -0.0879. The number of carbonyl (C=O) groups is 2. The lowest BCUT2D eigenvalue weighted by atomic mass is 10.4. The zero-order chi connectivity index (χ0) is 13.5. The molecule has 18 heavy (non-hydrogen) atoms. The summed E-state index contributed by atoms with van der Waals surface area (Å²) in [7, 11) is 1.19. The van der Waals surface area contributed by atoms with Crippen molar-refractivity contribution in [3.8, 4) is 5.75 Å². The molecular weight excluding hydrogens is 238 g/mol. The molecule has 0 atom stereocenters. The average Bonchev–Trinajstić information content (AvgIpc) is 2.34. The second-order valence-corrected chi connectivity index (χ2v) is 3.25. The number of hydrogen-bond acceptors (Lipinski definition) is 6. The zero-order valence-electron chi connectivity index (χ0n) is 9.93. The Morgan fingerprint density at radius 3 is 2.78 bits per heavy atom. The molecule has 0 radical (unpaired) electrons. The fraction of sp³-hybridized carbons (Fsp3) is 0.182. The van der Waals surface area contributed by atoms with Gasteiger partial charge in [-0.1, -0.05) is 0 Å². The minimum atomic E-state index is -0.715. The van der Waals surface area contributed by atoms with Gasteiger partial charge >= 0.3 is 5.97 Å². The van der Waals surface area contributed by atoms with Crippen LogP contribution in [0.5, 0.6) is 5.75 Å². The number of amides is 1. The Hall–Kier alpha value is -2.57. The average molecular weight is 251 g/mol. The van der Waals surface area contributed by atoms with Gasteiger partial charge in [0.25, 0.3) is 0 Å². The first-order valence-corrected chi connectivity index (χ1v) is 5.01. The van der Waals surface area contributed by atoms with Crippen molar-refractivity contribution in [2.24, 2.45) is 0 Å². The predicted molar refractivity (Wildman–Crippen MR) is 63.4 cm³/mol. The third kappa shape index (κ3) is 3.78. The van der Waals surface area contributed by atoms with Crippen molar-refractivity contribution in [2.45, 2.75) is 6.92 Å². The molecule has 1 rings (SSSR count). The lowest BCUT2D eigenvalue weighted by Gasteiger charge is -2.07. The Labute approximate surface area is 103 Å². The van der Waals surface area contributed by atoms with E-state index in [0.717, 1.165) is 0 Å². The first-order chi connectivity index (χ1) is 8.54. The molecule has 0 aliphatic carbocycles. The van der Waals surface area contributed by atoms with Crippen molar-refractivity contribution in [1.82, 2.24) is 10.3 Å². The largest absolute Gasteiger partial charge is 0.504 e. The van der Waals surface area contributed by atoms with Gasteiger partial charge in [0, 0.05) is 19.3 Å². The predicted octanol–water partition coefficient (Wildman–Crippen LogP) is 0.350. The van der Waals surface area contributed by atoms with Gasteiger partial charge in [-0.25, -0.2) is 9.78 Å². The van der Waals surface area contributed by atoms with Crippen LogP contribution in [0.3, 0.4) is 0 Å². The highest BCUT2D eigenvalue weighted by molar-refractivity contribution is 5.93. The number of ether oxygens (including phenoxy) is 1. The quantitative estimate of drug-likeness (QED) is 0.527. The van der Waals surface area contributed by atoms with E-state index in [9.17, 15) is 14.7 Å². The van der Waals surface area contributed by atoms with Crippen LogP contribution in [0.4, 0.5) is 5.82 Å². The molecule has 1 aromatic rings. The van der Waals surface area contributed by atoms with E-state index >= 15 is 0 Å². The van der Waals surface area contributed by atoms with Crippen LogP contribution in [0.25, 0.3) is 0 Å². The Bertz CT molecular complexity index is 485. The fourth-order valence-corrected chi connectivity index (χ4v) is 1.09. The number of aromatic nitrogens is 1. The number of esters is 1. The van der Waals surface area contributed by atoms with Gasteiger partial charge in [-0.05, 0) is 12.1 Å². The smallest absolute Gasteiger partial charge is 0.356 e. The number of aromatic hydroxyl groups is 1. The molecule has 0 saturated carbocycles. The van der Waals surface area contributed by atoms with Gasteiger partial charge in [-0.3, -0.25) is 4.79 Å². The number of methoxy groups -OCH3 is 1. The summed E-state index contributed by atoms with van der Waals surface area (Å²) in [6, 6.07) is 2.98. The minimum Gasteiger partial charge on any atom is -0.504 e. The molecule has 1 aromatic heterocycles. The third-order valence-electron chi connectivity index (χ3n) is 1.86. The van der Waals surface area contributed by atoms with Crippen LogP contribution in [-0.4, -0.2) is 29.1 Å². The summed E-state index contributed by atoms with van der Waals surface area (Å²) < 4.78 is 4.49. The van der Waals surface area contributed by atoms with Gasteiger partial charge in [0.1, 0.15) is 5.70 Å². The normalized spacial score (nSPS) is 10.7. The minimum absolute atomic E-state index is 0.0826. The number of carbonyl (C=O) groups excluding carboxylic acids is 2. The topological polar surface area (TPSA) is 101 Å². The summed E-state index contributed by atoms with van der Waals surface area (Å²) in [6.07, 6.45) is 2.65. The maximum absolute atomic E-state index is 11.3. The number of nitrogens with zero attached hydrogens (tertiary/aromatic N) is 1. The first-order valence-electron chi connectivity index (χ1n) is 5.01. The molecule has 0 spiro atoms. The van der Waals surface area contributed by atoms with E-state index in [-0.39, 0.29) is 17.3 Å². The Balaban J connectivity index is 2.86. The van der Waals surface area contributed by atoms with E-state index in [1.54, 1.807) is 6.07 Å². The van der Waals surface area contributed by atoms with Crippen LogP contribution < -0.4 is 10.6 Å². The van der Waals surface area contributed by atoms with Crippen LogP contribution in [0.1, 0.15) is 6.92 Å². The van der Waals surface area contributed by atoms with E-state index in [0.29, 0.717) is 0 Å². The summed E-state index contributed by atoms with van der Waals surface area (Å²) in [5, 5.41) is 14.3. The second kappa shape index (κ2) is 6.24. The highest BCUT2D eigenvalue weighted by Gasteiger charge is 2.11. The molecule has 0 aromatic carbocycles. The molecule has 0 fully saturated rings. The van der Waals surface area contributed by atoms with Gasteiger partial charge in [0.15, 0.2) is 11.6 Å². The molecule has 7 heteroatoms. The van der Waals surface area contributed by atoms with Crippen molar-refractivity contribution in [1.29, 1.82) is 0 Å². The molecule has 1 heterocycles. The molecule has 0 saturated heterocycles. The van der Waals surface area contributed by atoms with Crippen LogP contribution in [-0.2, 0) is 14.3 Å². The van der Waals surface area contributed by atoms with E-state index in [1.165, 1.54) is 32.5 Å². The van der Waals surface area contributed by atoms with E-state index in [1.807, 2.05) is 0 Å². The Morgan fingerprint density at radius 1 is 1.50 bits per heavy atom. The molecular formula is C11H13N3O4. The molecule has 1 amide bonds. The molecule has 0 bridgehead atoms.